The second-order valence-corrected chi connectivity index (χ2v) is 4.54. The minimum absolute atomic E-state index is 0.264. The van der Waals surface area contributed by atoms with E-state index in [0.717, 1.165) is 12.8 Å². The second kappa shape index (κ2) is 5.27. The van der Waals surface area contributed by atoms with Gasteiger partial charge in [-0.3, -0.25) is 4.79 Å². The molecule has 98 valence electrons. The molecule has 1 amide bonds. The monoisotopic (exact) mass is 250 g/mol. The number of benzene rings is 1. The molecule has 0 heterocycles. The summed E-state index contributed by atoms with van der Waals surface area (Å²) in [5, 5.41) is 12.4. The SMILES string of the molecule is COc1cccc(C(=O)NCC(O)C2CC2)c1N. The van der Waals surface area contributed by atoms with Gasteiger partial charge in [0.25, 0.3) is 5.91 Å². The average Bonchev–Trinajstić information content (AvgIpc) is 3.20. The summed E-state index contributed by atoms with van der Waals surface area (Å²) >= 11 is 0. The number of hydrogen-bond donors (Lipinski definition) is 3. The fourth-order valence-electron chi connectivity index (χ4n) is 1.86. The summed E-state index contributed by atoms with van der Waals surface area (Å²) in [6.45, 7) is 0.264. The number of carbonyl (C=O) groups is 1. The Balaban J connectivity index is 1.99. The Hall–Kier alpha value is -1.75. The predicted molar refractivity (Wildman–Crippen MR) is 68.5 cm³/mol. The number of amides is 1. The number of ether oxygens (including phenoxy) is 1. The predicted octanol–water partition coefficient (Wildman–Crippen LogP) is 0.778. The largest absolute Gasteiger partial charge is 0.495 e. The third-order valence-corrected chi connectivity index (χ3v) is 3.17. The van der Waals surface area contributed by atoms with Crippen LogP contribution in [-0.2, 0) is 0 Å². The Morgan fingerprint density at radius 2 is 2.33 bits per heavy atom. The van der Waals surface area contributed by atoms with Crippen molar-refractivity contribution in [3.8, 4) is 5.75 Å². The van der Waals surface area contributed by atoms with E-state index in [1.807, 2.05) is 0 Å². The Morgan fingerprint density at radius 3 is 2.94 bits per heavy atom. The Labute approximate surface area is 106 Å². The van der Waals surface area contributed by atoms with E-state index < -0.39 is 6.10 Å². The fourth-order valence-corrected chi connectivity index (χ4v) is 1.86. The summed E-state index contributed by atoms with van der Waals surface area (Å²) in [6.07, 6.45) is 1.62. The molecule has 2 rings (SSSR count). The molecule has 0 spiro atoms. The number of nitrogen functional groups attached to an aromatic ring is 1. The minimum Gasteiger partial charge on any atom is -0.495 e. The molecule has 1 aliphatic rings. The van der Waals surface area contributed by atoms with Crippen LogP contribution in [0.15, 0.2) is 18.2 Å². The highest BCUT2D eigenvalue weighted by Gasteiger charge is 2.29. The summed E-state index contributed by atoms with van der Waals surface area (Å²) in [7, 11) is 1.50. The fraction of sp³-hybridized carbons (Fsp3) is 0.462. The third kappa shape index (κ3) is 2.73. The maximum absolute atomic E-state index is 11.9. The molecule has 0 saturated heterocycles. The van der Waals surface area contributed by atoms with Gasteiger partial charge in [-0.2, -0.15) is 0 Å². The first-order valence-electron chi connectivity index (χ1n) is 6.02. The molecule has 0 aliphatic heterocycles. The van der Waals surface area contributed by atoms with Gasteiger partial charge >= 0.3 is 0 Å². The van der Waals surface area contributed by atoms with Crippen LogP contribution in [0.4, 0.5) is 5.69 Å². The van der Waals surface area contributed by atoms with Crippen molar-refractivity contribution in [3.63, 3.8) is 0 Å². The van der Waals surface area contributed by atoms with Crippen LogP contribution in [0, 0.1) is 5.92 Å². The number of rotatable bonds is 5. The lowest BCUT2D eigenvalue weighted by Crippen LogP contribution is -2.33. The number of hydrogen-bond acceptors (Lipinski definition) is 4. The molecule has 1 unspecified atom stereocenters. The Kier molecular flexibility index (Phi) is 3.72. The van der Waals surface area contributed by atoms with Crippen LogP contribution >= 0.6 is 0 Å². The van der Waals surface area contributed by atoms with Crippen molar-refractivity contribution in [2.75, 3.05) is 19.4 Å². The standard InChI is InChI=1S/C13H18N2O3/c1-18-11-4-2-3-9(12(11)14)13(17)15-7-10(16)8-5-6-8/h2-4,8,10,16H,5-7,14H2,1H3,(H,15,17). The van der Waals surface area contributed by atoms with Crippen LogP contribution in [-0.4, -0.2) is 30.8 Å². The molecule has 1 aliphatic carbocycles. The molecule has 1 saturated carbocycles. The highest BCUT2D eigenvalue weighted by Crippen LogP contribution is 2.32. The van der Waals surface area contributed by atoms with Crippen molar-refractivity contribution >= 4 is 11.6 Å². The molecule has 0 aromatic heterocycles. The van der Waals surface area contributed by atoms with E-state index in [1.165, 1.54) is 7.11 Å². The van der Waals surface area contributed by atoms with Crippen LogP contribution < -0.4 is 15.8 Å². The van der Waals surface area contributed by atoms with Crippen LogP contribution in [0.2, 0.25) is 0 Å². The molecular weight excluding hydrogens is 232 g/mol. The molecular formula is C13H18N2O3. The topological polar surface area (TPSA) is 84.6 Å². The molecule has 5 nitrogen and oxygen atoms in total. The van der Waals surface area contributed by atoms with Crippen molar-refractivity contribution in [2.24, 2.45) is 5.92 Å². The first-order chi connectivity index (χ1) is 8.63. The quantitative estimate of drug-likeness (QED) is 0.674. The van der Waals surface area contributed by atoms with Crippen molar-refractivity contribution in [1.29, 1.82) is 0 Å². The van der Waals surface area contributed by atoms with Gasteiger partial charge in [0, 0.05) is 6.54 Å². The minimum atomic E-state index is -0.458. The summed E-state index contributed by atoms with van der Waals surface area (Å²) in [5.41, 5.74) is 6.52. The Bertz CT molecular complexity index is 444. The molecule has 1 fully saturated rings. The molecule has 18 heavy (non-hydrogen) atoms. The maximum atomic E-state index is 11.9. The van der Waals surface area contributed by atoms with Gasteiger partial charge in [0.2, 0.25) is 0 Å². The van der Waals surface area contributed by atoms with Crippen LogP contribution in [0.25, 0.3) is 0 Å². The summed E-state index contributed by atoms with van der Waals surface area (Å²) in [5.74, 6) is 0.532. The van der Waals surface area contributed by atoms with E-state index in [4.69, 9.17) is 10.5 Å². The number of para-hydroxylation sites is 1. The number of aliphatic hydroxyl groups is 1. The van der Waals surface area contributed by atoms with Crippen LogP contribution in [0.5, 0.6) is 5.75 Å². The van der Waals surface area contributed by atoms with Crippen molar-refractivity contribution in [1.82, 2.24) is 5.32 Å². The van der Waals surface area contributed by atoms with Gasteiger partial charge < -0.3 is 20.9 Å². The molecule has 1 aromatic carbocycles. The highest BCUT2D eigenvalue weighted by atomic mass is 16.5. The second-order valence-electron chi connectivity index (χ2n) is 4.54. The molecule has 4 N–H and O–H groups in total. The summed E-state index contributed by atoms with van der Waals surface area (Å²) in [6, 6.07) is 5.04. The zero-order valence-electron chi connectivity index (χ0n) is 10.3. The first-order valence-corrected chi connectivity index (χ1v) is 6.02. The number of methoxy groups -OCH3 is 1. The summed E-state index contributed by atoms with van der Waals surface area (Å²) in [4.78, 5) is 11.9. The maximum Gasteiger partial charge on any atom is 0.253 e. The number of nitrogens with one attached hydrogen (secondary N) is 1. The smallest absolute Gasteiger partial charge is 0.253 e. The first kappa shape index (κ1) is 12.7. The number of carbonyl (C=O) groups excluding carboxylic acids is 1. The molecule has 0 radical (unpaired) electrons. The van der Waals surface area contributed by atoms with Gasteiger partial charge in [-0.15, -0.1) is 0 Å². The van der Waals surface area contributed by atoms with E-state index in [9.17, 15) is 9.90 Å². The highest BCUT2D eigenvalue weighted by molar-refractivity contribution is 6.00. The van der Waals surface area contributed by atoms with Crippen molar-refractivity contribution in [3.05, 3.63) is 23.8 Å². The van der Waals surface area contributed by atoms with Gasteiger partial charge in [-0.05, 0) is 30.9 Å². The van der Waals surface area contributed by atoms with Gasteiger partial charge in [-0.25, -0.2) is 0 Å². The van der Waals surface area contributed by atoms with Gasteiger partial charge in [-0.1, -0.05) is 6.07 Å². The number of anilines is 1. The summed E-state index contributed by atoms with van der Waals surface area (Å²) < 4.78 is 5.06. The van der Waals surface area contributed by atoms with E-state index in [1.54, 1.807) is 18.2 Å². The van der Waals surface area contributed by atoms with Gasteiger partial charge in [0.05, 0.1) is 24.5 Å². The van der Waals surface area contributed by atoms with Crippen LogP contribution in [0.3, 0.4) is 0 Å². The zero-order valence-corrected chi connectivity index (χ0v) is 10.3. The lowest BCUT2D eigenvalue weighted by atomic mass is 10.1. The van der Waals surface area contributed by atoms with E-state index in [2.05, 4.69) is 5.32 Å². The normalized spacial score (nSPS) is 16.1. The molecule has 0 bridgehead atoms. The number of nitrogens with two attached hydrogens (primary N) is 1. The average molecular weight is 250 g/mol. The Morgan fingerprint density at radius 1 is 1.61 bits per heavy atom. The zero-order chi connectivity index (χ0) is 13.1. The third-order valence-electron chi connectivity index (χ3n) is 3.17. The molecule has 1 atom stereocenters. The lowest BCUT2D eigenvalue weighted by molar-refractivity contribution is 0.0901. The molecule has 1 aromatic rings. The number of aliphatic hydroxyl groups excluding tert-OH is 1. The van der Waals surface area contributed by atoms with E-state index >= 15 is 0 Å². The van der Waals surface area contributed by atoms with E-state index in [-0.39, 0.29) is 12.5 Å². The van der Waals surface area contributed by atoms with Crippen LogP contribution in [0.1, 0.15) is 23.2 Å². The molecule has 5 heteroatoms. The van der Waals surface area contributed by atoms with E-state index in [0.29, 0.717) is 22.9 Å². The van der Waals surface area contributed by atoms with Crippen molar-refractivity contribution in [2.45, 2.75) is 18.9 Å². The van der Waals surface area contributed by atoms with Gasteiger partial charge in [0.15, 0.2) is 0 Å². The van der Waals surface area contributed by atoms with Gasteiger partial charge in [0.1, 0.15) is 5.75 Å². The lowest BCUT2D eigenvalue weighted by Gasteiger charge is -2.13. The van der Waals surface area contributed by atoms with Crippen molar-refractivity contribution < 1.29 is 14.6 Å².